The molecule has 0 radical (unpaired) electrons. The van der Waals surface area contributed by atoms with Gasteiger partial charge in [0.2, 0.25) is 11.7 Å². The molecular formula is C16H18N6OS. The summed E-state index contributed by atoms with van der Waals surface area (Å²) in [5.41, 5.74) is 0.872. The van der Waals surface area contributed by atoms with Crippen molar-refractivity contribution in [2.45, 2.75) is 26.4 Å². The van der Waals surface area contributed by atoms with Gasteiger partial charge < -0.3 is 4.90 Å². The Bertz CT molecular complexity index is 828. The molecule has 2 heterocycles. The van der Waals surface area contributed by atoms with E-state index in [-0.39, 0.29) is 5.91 Å². The summed E-state index contributed by atoms with van der Waals surface area (Å²) in [4.78, 5) is 20.9. The summed E-state index contributed by atoms with van der Waals surface area (Å²) in [5.74, 6) is 0.439. The summed E-state index contributed by atoms with van der Waals surface area (Å²) >= 11 is 1.59. The van der Waals surface area contributed by atoms with E-state index in [1.807, 2.05) is 37.3 Å². The Hall–Kier alpha value is -2.61. The number of benzene rings is 1. The molecule has 0 N–H and O–H groups in total. The molecule has 1 atom stereocenters. The number of thiazole rings is 1. The number of carbonyl (C=O) groups is 1. The first kappa shape index (κ1) is 16.3. The SMILES string of the molecule is Cc1ncc(CN(C)C(=O)[C@@H](C)n2nnc(-c3ccccc3)n2)s1. The average Bonchev–Trinajstić information content (AvgIpc) is 3.23. The van der Waals surface area contributed by atoms with Gasteiger partial charge in [0.1, 0.15) is 6.04 Å². The highest BCUT2D eigenvalue weighted by atomic mass is 32.1. The molecule has 0 spiro atoms. The first-order valence-electron chi connectivity index (χ1n) is 7.56. The summed E-state index contributed by atoms with van der Waals surface area (Å²) in [6.07, 6.45) is 1.80. The molecule has 0 saturated carbocycles. The maximum absolute atomic E-state index is 12.6. The number of rotatable bonds is 5. The van der Waals surface area contributed by atoms with Gasteiger partial charge in [-0.15, -0.1) is 21.5 Å². The molecule has 0 aliphatic carbocycles. The van der Waals surface area contributed by atoms with Crippen LogP contribution in [0.1, 0.15) is 22.9 Å². The molecule has 0 aliphatic rings. The molecule has 2 aromatic heterocycles. The molecule has 0 bridgehead atoms. The third-order valence-corrected chi connectivity index (χ3v) is 4.50. The van der Waals surface area contributed by atoms with Crippen molar-refractivity contribution in [1.29, 1.82) is 0 Å². The van der Waals surface area contributed by atoms with Crippen molar-refractivity contribution in [1.82, 2.24) is 30.1 Å². The number of hydrogen-bond donors (Lipinski definition) is 0. The molecule has 0 saturated heterocycles. The third kappa shape index (κ3) is 3.48. The normalized spacial score (nSPS) is 12.1. The first-order valence-corrected chi connectivity index (χ1v) is 8.37. The highest BCUT2D eigenvalue weighted by Gasteiger charge is 2.22. The Kier molecular flexibility index (Phi) is 4.66. The van der Waals surface area contributed by atoms with Gasteiger partial charge in [-0.3, -0.25) is 4.79 Å². The van der Waals surface area contributed by atoms with Crippen LogP contribution in [0.15, 0.2) is 36.5 Å². The number of hydrogen-bond acceptors (Lipinski definition) is 6. The van der Waals surface area contributed by atoms with Crippen LogP contribution >= 0.6 is 11.3 Å². The number of likely N-dealkylation sites (N-methyl/N-ethyl adjacent to an activating group) is 1. The Labute approximate surface area is 144 Å². The number of amides is 1. The zero-order chi connectivity index (χ0) is 17.1. The molecule has 1 aromatic carbocycles. The van der Waals surface area contributed by atoms with Gasteiger partial charge in [0.15, 0.2) is 0 Å². The monoisotopic (exact) mass is 342 g/mol. The van der Waals surface area contributed by atoms with Crippen molar-refractivity contribution in [3.8, 4) is 11.4 Å². The molecule has 3 aromatic rings. The summed E-state index contributed by atoms with van der Waals surface area (Å²) in [5, 5.41) is 13.4. The van der Waals surface area contributed by atoms with Crippen molar-refractivity contribution in [3.63, 3.8) is 0 Å². The van der Waals surface area contributed by atoms with Crippen molar-refractivity contribution < 1.29 is 4.79 Å². The molecule has 1 amide bonds. The van der Waals surface area contributed by atoms with Crippen LogP contribution in [0.4, 0.5) is 0 Å². The highest BCUT2D eigenvalue weighted by Crippen LogP contribution is 2.17. The molecule has 0 fully saturated rings. The van der Waals surface area contributed by atoms with Crippen molar-refractivity contribution in [3.05, 3.63) is 46.4 Å². The van der Waals surface area contributed by atoms with Gasteiger partial charge in [0, 0.05) is 23.7 Å². The van der Waals surface area contributed by atoms with Gasteiger partial charge in [-0.2, -0.15) is 4.80 Å². The molecule has 3 rings (SSSR count). The average molecular weight is 342 g/mol. The van der Waals surface area contributed by atoms with Crippen LogP contribution < -0.4 is 0 Å². The maximum Gasteiger partial charge on any atom is 0.249 e. The summed E-state index contributed by atoms with van der Waals surface area (Å²) in [6, 6.07) is 9.05. The predicted octanol–water partition coefficient (Wildman–Crippen LogP) is 2.32. The van der Waals surface area contributed by atoms with E-state index in [2.05, 4.69) is 20.4 Å². The van der Waals surface area contributed by atoms with E-state index in [1.165, 1.54) is 4.80 Å². The number of aryl methyl sites for hydroxylation is 1. The quantitative estimate of drug-likeness (QED) is 0.711. The van der Waals surface area contributed by atoms with Gasteiger partial charge in [-0.25, -0.2) is 4.98 Å². The lowest BCUT2D eigenvalue weighted by Gasteiger charge is -2.19. The van der Waals surface area contributed by atoms with E-state index >= 15 is 0 Å². The molecule has 0 unspecified atom stereocenters. The first-order chi connectivity index (χ1) is 11.5. The van der Waals surface area contributed by atoms with Gasteiger partial charge in [0.05, 0.1) is 11.6 Å². The van der Waals surface area contributed by atoms with Crippen molar-refractivity contribution in [2.24, 2.45) is 0 Å². The Morgan fingerprint density at radius 2 is 2.08 bits per heavy atom. The second-order valence-electron chi connectivity index (χ2n) is 5.52. The number of aromatic nitrogens is 5. The topological polar surface area (TPSA) is 76.8 Å². The van der Waals surface area contributed by atoms with Crippen molar-refractivity contribution >= 4 is 17.2 Å². The lowest BCUT2D eigenvalue weighted by atomic mass is 10.2. The standard InChI is InChI=1S/C16H18N6OS/c1-11(16(23)21(3)10-14-9-17-12(2)24-14)22-19-15(18-20-22)13-7-5-4-6-8-13/h4-9,11H,10H2,1-3H3/t11-/m1/s1. The summed E-state index contributed by atoms with van der Waals surface area (Å²) in [6.45, 7) is 4.24. The Morgan fingerprint density at radius 3 is 2.75 bits per heavy atom. The lowest BCUT2D eigenvalue weighted by molar-refractivity contribution is -0.134. The van der Waals surface area contributed by atoms with E-state index in [4.69, 9.17) is 0 Å². The van der Waals surface area contributed by atoms with E-state index < -0.39 is 6.04 Å². The summed E-state index contributed by atoms with van der Waals surface area (Å²) in [7, 11) is 1.77. The lowest BCUT2D eigenvalue weighted by Crippen LogP contribution is -2.33. The van der Waals surface area contributed by atoms with Crippen LogP contribution in [0.2, 0.25) is 0 Å². The molecule has 7 nitrogen and oxygen atoms in total. The van der Waals surface area contributed by atoms with Crippen LogP contribution in [0.3, 0.4) is 0 Å². The van der Waals surface area contributed by atoms with Gasteiger partial charge in [-0.1, -0.05) is 30.3 Å². The highest BCUT2D eigenvalue weighted by molar-refractivity contribution is 7.11. The van der Waals surface area contributed by atoms with Crippen LogP contribution in [-0.2, 0) is 11.3 Å². The number of tetrazole rings is 1. The molecular weight excluding hydrogens is 324 g/mol. The fourth-order valence-corrected chi connectivity index (χ4v) is 3.15. The fourth-order valence-electron chi connectivity index (χ4n) is 2.30. The van der Waals surface area contributed by atoms with Crippen LogP contribution in [-0.4, -0.2) is 43.0 Å². The van der Waals surface area contributed by atoms with Gasteiger partial charge in [-0.05, 0) is 19.1 Å². The third-order valence-electron chi connectivity index (χ3n) is 3.60. The number of nitrogens with zero attached hydrogens (tertiary/aromatic N) is 6. The zero-order valence-electron chi connectivity index (χ0n) is 13.7. The van der Waals surface area contributed by atoms with E-state index in [9.17, 15) is 4.79 Å². The Balaban J connectivity index is 1.70. The van der Waals surface area contributed by atoms with Crippen LogP contribution in [0.25, 0.3) is 11.4 Å². The van der Waals surface area contributed by atoms with Gasteiger partial charge >= 0.3 is 0 Å². The number of carbonyl (C=O) groups excluding carboxylic acids is 1. The fraction of sp³-hybridized carbons (Fsp3) is 0.312. The van der Waals surface area contributed by atoms with Crippen LogP contribution in [0, 0.1) is 6.92 Å². The predicted molar refractivity (Wildman–Crippen MR) is 91.3 cm³/mol. The second kappa shape index (κ2) is 6.88. The Morgan fingerprint density at radius 1 is 1.33 bits per heavy atom. The largest absolute Gasteiger partial charge is 0.339 e. The van der Waals surface area contributed by atoms with Gasteiger partial charge in [0.25, 0.3) is 0 Å². The van der Waals surface area contributed by atoms with Crippen LogP contribution in [0.5, 0.6) is 0 Å². The smallest absolute Gasteiger partial charge is 0.249 e. The minimum absolute atomic E-state index is 0.0712. The molecule has 0 aliphatic heterocycles. The van der Waals surface area contributed by atoms with E-state index in [0.29, 0.717) is 12.4 Å². The van der Waals surface area contributed by atoms with Crippen molar-refractivity contribution in [2.75, 3.05) is 7.05 Å². The molecule has 124 valence electrons. The van der Waals surface area contributed by atoms with E-state index in [1.54, 1.807) is 36.4 Å². The molecule has 8 heteroatoms. The zero-order valence-corrected chi connectivity index (χ0v) is 14.6. The molecule has 24 heavy (non-hydrogen) atoms. The minimum Gasteiger partial charge on any atom is -0.339 e. The summed E-state index contributed by atoms with van der Waals surface area (Å²) < 4.78 is 0. The van der Waals surface area contributed by atoms with E-state index in [0.717, 1.165) is 15.4 Å². The minimum atomic E-state index is -0.519. The maximum atomic E-state index is 12.6. The second-order valence-corrected chi connectivity index (χ2v) is 6.83.